The number of carbonyl (C=O) groups excluding carboxylic acids is 2. The smallest absolute Gasteiger partial charge is 0.264 e. The van der Waals surface area contributed by atoms with Gasteiger partial charge in [-0.15, -0.1) is 0 Å². The average molecular weight is 737 g/mol. The molecule has 0 aromatic heterocycles. The maximum absolute atomic E-state index is 14.6. The lowest BCUT2D eigenvalue weighted by molar-refractivity contribution is -0.140. The molecule has 0 heterocycles. The minimum absolute atomic E-state index is 0.0801. The third-order valence-corrected chi connectivity index (χ3v) is 10.1. The first kappa shape index (κ1) is 36.5. The van der Waals surface area contributed by atoms with Gasteiger partial charge >= 0.3 is 0 Å². The van der Waals surface area contributed by atoms with Gasteiger partial charge in [-0.3, -0.25) is 13.9 Å². The number of aryl methyl sites for hydroxylation is 1. The summed E-state index contributed by atoms with van der Waals surface area (Å²) in [5, 5.41) is 3.01. The highest BCUT2D eigenvalue weighted by molar-refractivity contribution is 9.10. The fourth-order valence-corrected chi connectivity index (χ4v) is 6.80. The molecule has 2 amide bonds. The summed E-state index contributed by atoms with van der Waals surface area (Å²) in [6, 6.07) is 27.2. The number of hydrogen-bond donors (Lipinski definition) is 1. The normalized spacial score (nSPS) is 11.9. The van der Waals surface area contributed by atoms with Crippen LogP contribution in [0.4, 0.5) is 5.69 Å². The lowest BCUT2D eigenvalue weighted by Crippen LogP contribution is -2.53. The molecule has 48 heavy (non-hydrogen) atoms. The summed E-state index contributed by atoms with van der Waals surface area (Å²) in [5.41, 5.74) is 2.88. The second kappa shape index (κ2) is 16.7. The molecule has 0 aliphatic heterocycles. The van der Waals surface area contributed by atoms with Crippen LogP contribution in [0.3, 0.4) is 0 Å². The summed E-state index contributed by atoms with van der Waals surface area (Å²) in [6.07, 6.45) is 0.236. The van der Waals surface area contributed by atoms with E-state index in [1.54, 1.807) is 24.3 Å². The first-order chi connectivity index (χ1) is 22.9. The van der Waals surface area contributed by atoms with Gasteiger partial charge in [0.1, 0.15) is 12.6 Å². The maximum atomic E-state index is 14.6. The Morgan fingerprint density at radius 3 is 2.08 bits per heavy atom. The fourth-order valence-electron chi connectivity index (χ4n) is 5.11. The average Bonchev–Trinajstić information content (AvgIpc) is 3.08. The zero-order valence-corrected chi connectivity index (χ0v) is 30.3. The van der Waals surface area contributed by atoms with Gasteiger partial charge in [0.15, 0.2) is 11.5 Å². The summed E-state index contributed by atoms with van der Waals surface area (Å²) in [6.45, 7) is 5.83. The molecule has 9 nitrogen and oxygen atoms in total. The van der Waals surface area contributed by atoms with Gasteiger partial charge in [0.2, 0.25) is 11.8 Å². The zero-order valence-electron chi connectivity index (χ0n) is 27.9. The highest BCUT2D eigenvalue weighted by atomic mass is 79.9. The van der Waals surface area contributed by atoms with Crippen molar-refractivity contribution in [3.63, 3.8) is 0 Å². The van der Waals surface area contributed by atoms with E-state index in [2.05, 4.69) is 21.2 Å². The molecule has 1 N–H and O–H groups in total. The molecule has 0 aliphatic carbocycles. The number of methoxy groups -OCH3 is 2. The Balaban J connectivity index is 1.81. The van der Waals surface area contributed by atoms with Crippen molar-refractivity contribution in [3.05, 3.63) is 118 Å². The minimum Gasteiger partial charge on any atom is -0.493 e. The number of anilines is 1. The zero-order chi connectivity index (χ0) is 34.8. The molecular formula is C37H42BrN3O6S. The molecule has 0 unspecified atom stereocenters. The van der Waals surface area contributed by atoms with Crippen LogP contribution in [0.5, 0.6) is 11.5 Å². The topological polar surface area (TPSA) is 105 Å². The number of nitrogens with one attached hydrogen (secondary N) is 1. The number of carbonyl (C=O) groups is 2. The molecule has 0 fully saturated rings. The van der Waals surface area contributed by atoms with Crippen molar-refractivity contribution in [1.82, 2.24) is 10.2 Å². The van der Waals surface area contributed by atoms with Gasteiger partial charge in [0, 0.05) is 30.0 Å². The molecule has 0 saturated heterocycles. The van der Waals surface area contributed by atoms with E-state index in [9.17, 15) is 18.0 Å². The molecule has 0 radical (unpaired) electrons. The van der Waals surface area contributed by atoms with Crippen molar-refractivity contribution < 1.29 is 27.5 Å². The first-order valence-corrected chi connectivity index (χ1v) is 17.8. The van der Waals surface area contributed by atoms with Crippen molar-refractivity contribution in [2.45, 2.75) is 44.7 Å². The molecule has 4 aromatic carbocycles. The second-order valence-electron chi connectivity index (χ2n) is 11.9. The van der Waals surface area contributed by atoms with Gasteiger partial charge in [-0.25, -0.2) is 8.42 Å². The SMILES string of the molecule is COc1ccc(S(=O)(=O)N(CC(=O)N(Cc2ccc(Br)cc2)[C@@H](Cc2ccccc2)C(=O)NCC(C)C)c2ccc(C)cc2)cc1OC. The van der Waals surface area contributed by atoms with Crippen molar-refractivity contribution in [3.8, 4) is 11.5 Å². The highest BCUT2D eigenvalue weighted by Gasteiger charge is 2.35. The standard InChI is InChI=1S/C37H42BrN3O6S/c1-26(2)23-39-37(43)33(21-28-9-7-6-8-10-28)40(24-29-13-15-30(38)16-14-29)36(42)25-41(31-17-11-27(3)12-18-31)48(44,45)32-19-20-34(46-4)35(22-32)47-5/h6-20,22,26,33H,21,23-25H2,1-5H3,(H,39,43)/t33-/m0/s1. The Bertz CT molecular complexity index is 1780. The molecule has 0 spiro atoms. The van der Waals surface area contributed by atoms with Crippen LogP contribution in [-0.2, 0) is 32.6 Å². The van der Waals surface area contributed by atoms with Crippen LogP contribution < -0.4 is 19.1 Å². The number of nitrogens with zero attached hydrogens (tertiary/aromatic N) is 2. The molecule has 254 valence electrons. The lowest BCUT2D eigenvalue weighted by Gasteiger charge is -2.34. The number of ether oxygens (including phenoxy) is 2. The van der Waals surface area contributed by atoms with Crippen LogP contribution in [0.25, 0.3) is 0 Å². The van der Waals surface area contributed by atoms with Gasteiger partial charge in [0.25, 0.3) is 10.0 Å². The van der Waals surface area contributed by atoms with Gasteiger partial charge in [-0.2, -0.15) is 0 Å². The molecule has 11 heteroatoms. The van der Waals surface area contributed by atoms with Gasteiger partial charge in [-0.05, 0) is 60.4 Å². The number of rotatable bonds is 15. The first-order valence-electron chi connectivity index (χ1n) is 15.6. The van der Waals surface area contributed by atoms with Gasteiger partial charge in [-0.1, -0.05) is 89.9 Å². The number of hydrogen-bond acceptors (Lipinski definition) is 6. The van der Waals surface area contributed by atoms with Crippen LogP contribution >= 0.6 is 15.9 Å². The molecule has 1 atom stereocenters. The summed E-state index contributed by atoms with van der Waals surface area (Å²) in [5.74, 6) is -0.0712. The number of amides is 2. The van der Waals surface area contributed by atoms with Crippen LogP contribution in [0.1, 0.15) is 30.5 Å². The summed E-state index contributed by atoms with van der Waals surface area (Å²) in [4.78, 5) is 29.9. The molecule has 4 aromatic rings. The molecule has 0 aliphatic rings. The van der Waals surface area contributed by atoms with E-state index in [4.69, 9.17) is 9.47 Å². The Morgan fingerprint density at radius 2 is 1.48 bits per heavy atom. The van der Waals surface area contributed by atoms with E-state index in [0.29, 0.717) is 18.0 Å². The third-order valence-electron chi connectivity index (χ3n) is 7.77. The monoisotopic (exact) mass is 735 g/mol. The predicted molar refractivity (Wildman–Crippen MR) is 192 cm³/mol. The third kappa shape index (κ3) is 9.38. The fraction of sp³-hybridized carbons (Fsp3) is 0.297. The highest BCUT2D eigenvalue weighted by Crippen LogP contribution is 2.32. The van der Waals surface area contributed by atoms with E-state index in [-0.39, 0.29) is 35.4 Å². The predicted octanol–water partition coefficient (Wildman–Crippen LogP) is 6.38. The van der Waals surface area contributed by atoms with Gasteiger partial charge in [0.05, 0.1) is 24.8 Å². The Morgan fingerprint density at radius 1 is 0.833 bits per heavy atom. The Kier molecular flexibility index (Phi) is 12.7. The van der Waals surface area contributed by atoms with E-state index in [1.165, 1.54) is 37.3 Å². The second-order valence-corrected chi connectivity index (χ2v) is 14.6. The lowest BCUT2D eigenvalue weighted by atomic mass is 10.0. The van der Waals surface area contributed by atoms with Crippen LogP contribution in [0.15, 0.2) is 106 Å². The van der Waals surface area contributed by atoms with E-state index in [0.717, 1.165) is 25.5 Å². The number of benzene rings is 4. The summed E-state index contributed by atoms with van der Waals surface area (Å²) < 4.78 is 41.4. The van der Waals surface area contributed by atoms with E-state index in [1.807, 2.05) is 75.4 Å². The van der Waals surface area contributed by atoms with Crippen LogP contribution in [0.2, 0.25) is 0 Å². The van der Waals surface area contributed by atoms with E-state index >= 15 is 0 Å². The van der Waals surface area contributed by atoms with E-state index < -0.39 is 28.5 Å². The van der Waals surface area contributed by atoms with Crippen LogP contribution in [-0.4, -0.2) is 58.5 Å². The minimum atomic E-state index is -4.31. The van der Waals surface area contributed by atoms with Crippen molar-refractivity contribution in [2.24, 2.45) is 5.92 Å². The molecule has 4 rings (SSSR count). The maximum Gasteiger partial charge on any atom is 0.264 e. The quantitative estimate of drug-likeness (QED) is 0.152. The number of halogens is 1. The van der Waals surface area contributed by atoms with Gasteiger partial charge < -0.3 is 19.7 Å². The molecule has 0 bridgehead atoms. The van der Waals surface area contributed by atoms with Crippen molar-refractivity contribution in [1.29, 1.82) is 0 Å². The molecule has 0 saturated carbocycles. The number of sulfonamides is 1. The largest absolute Gasteiger partial charge is 0.493 e. The summed E-state index contributed by atoms with van der Waals surface area (Å²) >= 11 is 3.46. The Labute approximate surface area is 292 Å². The van der Waals surface area contributed by atoms with Crippen molar-refractivity contribution in [2.75, 3.05) is 31.6 Å². The Hall–Kier alpha value is -4.35. The molecular weight excluding hydrogens is 694 g/mol. The summed E-state index contributed by atoms with van der Waals surface area (Å²) in [7, 11) is -1.43. The van der Waals surface area contributed by atoms with Crippen molar-refractivity contribution >= 4 is 43.5 Å². The van der Waals surface area contributed by atoms with Crippen LogP contribution in [0, 0.1) is 12.8 Å².